The van der Waals surface area contributed by atoms with Crippen LogP contribution in [0.1, 0.15) is 5.56 Å². The van der Waals surface area contributed by atoms with Gasteiger partial charge in [0.1, 0.15) is 17.7 Å². The van der Waals surface area contributed by atoms with E-state index in [1.54, 1.807) is 12.1 Å². The van der Waals surface area contributed by atoms with E-state index in [0.29, 0.717) is 5.02 Å². The maximum atomic E-state index is 13.8. The molecule has 0 N–H and O–H groups in total. The van der Waals surface area contributed by atoms with Crippen molar-refractivity contribution in [1.82, 2.24) is 0 Å². The predicted molar refractivity (Wildman–Crippen MR) is 78.8 cm³/mol. The maximum Gasteiger partial charge on any atom is 0.131 e. The zero-order valence-corrected chi connectivity index (χ0v) is 12.3. The van der Waals surface area contributed by atoms with Crippen molar-refractivity contribution in [2.45, 2.75) is 12.5 Å². The lowest BCUT2D eigenvalue weighted by Crippen LogP contribution is -2.13. The number of ether oxygens (including phenoxy) is 1. The van der Waals surface area contributed by atoms with E-state index in [9.17, 15) is 4.39 Å². The molecule has 98 valence electrons. The number of benzene rings is 2. The summed E-state index contributed by atoms with van der Waals surface area (Å²) in [6.07, 6.45) is 0.772. The first kappa shape index (κ1) is 12.9. The van der Waals surface area contributed by atoms with Crippen LogP contribution in [0.3, 0.4) is 0 Å². The molecule has 1 nitrogen and oxygen atoms in total. The van der Waals surface area contributed by atoms with Gasteiger partial charge in [-0.3, -0.25) is 0 Å². The van der Waals surface area contributed by atoms with Crippen LogP contribution in [0.5, 0.6) is 5.75 Å². The molecule has 0 fully saturated rings. The molecule has 0 saturated heterocycles. The molecule has 0 saturated carbocycles. The molecule has 0 aliphatic carbocycles. The lowest BCUT2D eigenvalue weighted by Gasteiger charge is -2.12. The number of hydrogen-bond donors (Lipinski definition) is 0. The van der Waals surface area contributed by atoms with Gasteiger partial charge in [-0.05, 0) is 18.2 Å². The summed E-state index contributed by atoms with van der Waals surface area (Å²) >= 11 is 9.60. The normalized spacial score (nSPS) is 17.1. The minimum atomic E-state index is -0.257. The Morgan fingerprint density at radius 3 is 2.79 bits per heavy atom. The van der Waals surface area contributed by atoms with Crippen LogP contribution in [0, 0.1) is 5.82 Å². The molecule has 2 aromatic rings. The number of halogens is 3. The van der Waals surface area contributed by atoms with Crippen molar-refractivity contribution in [2.75, 3.05) is 5.33 Å². The van der Waals surface area contributed by atoms with Gasteiger partial charge in [0.05, 0.1) is 0 Å². The topological polar surface area (TPSA) is 9.23 Å². The average molecular weight is 342 g/mol. The first-order valence-electron chi connectivity index (χ1n) is 5.99. The quantitative estimate of drug-likeness (QED) is 0.710. The Labute approximate surface area is 124 Å². The monoisotopic (exact) mass is 340 g/mol. The first-order valence-corrected chi connectivity index (χ1v) is 7.49. The van der Waals surface area contributed by atoms with Gasteiger partial charge in [0.15, 0.2) is 0 Å². The van der Waals surface area contributed by atoms with Crippen LogP contribution >= 0.6 is 27.5 Å². The molecular formula is C15H11BrClFO. The standard InChI is InChI=1S/C15H11BrClFO/c16-8-11-6-9-5-10(18)7-13(15(9)19-11)12-3-1-2-4-14(12)17/h1-5,7,11H,6,8H2/t11-/m1/s1. The summed E-state index contributed by atoms with van der Waals surface area (Å²) in [5.41, 5.74) is 2.43. The maximum absolute atomic E-state index is 13.8. The molecule has 1 aliphatic heterocycles. The Bertz CT molecular complexity index is 630. The highest BCUT2D eigenvalue weighted by molar-refractivity contribution is 9.09. The molecule has 0 radical (unpaired) electrons. The van der Waals surface area contributed by atoms with Gasteiger partial charge in [0.25, 0.3) is 0 Å². The van der Waals surface area contributed by atoms with Crippen LogP contribution in [-0.2, 0) is 6.42 Å². The Balaban J connectivity index is 2.16. The lowest BCUT2D eigenvalue weighted by molar-refractivity contribution is 0.261. The van der Waals surface area contributed by atoms with Gasteiger partial charge in [-0.1, -0.05) is 45.7 Å². The Morgan fingerprint density at radius 1 is 1.26 bits per heavy atom. The van der Waals surface area contributed by atoms with Gasteiger partial charge in [0.2, 0.25) is 0 Å². The van der Waals surface area contributed by atoms with Crippen molar-refractivity contribution in [3.63, 3.8) is 0 Å². The number of fused-ring (bicyclic) bond motifs is 1. The number of alkyl halides is 1. The van der Waals surface area contributed by atoms with Gasteiger partial charge in [-0.15, -0.1) is 0 Å². The molecule has 19 heavy (non-hydrogen) atoms. The van der Waals surface area contributed by atoms with Crippen LogP contribution < -0.4 is 4.74 Å². The molecule has 0 spiro atoms. The lowest BCUT2D eigenvalue weighted by atomic mass is 10.0. The highest BCUT2D eigenvalue weighted by Gasteiger charge is 2.26. The van der Waals surface area contributed by atoms with E-state index in [1.807, 2.05) is 18.2 Å². The summed E-state index contributed by atoms with van der Waals surface area (Å²) in [5.74, 6) is 0.492. The van der Waals surface area contributed by atoms with Crippen molar-refractivity contribution < 1.29 is 9.13 Å². The van der Waals surface area contributed by atoms with Crippen molar-refractivity contribution in [3.8, 4) is 16.9 Å². The second-order valence-electron chi connectivity index (χ2n) is 4.52. The predicted octanol–water partition coefficient (Wildman–Crippen LogP) is 4.84. The van der Waals surface area contributed by atoms with E-state index in [-0.39, 0.29) is 11.9 Å². The third-order valence-electron chi connectivity index (χ3n) is 3.20. The summed E-state index contributed by atoms with van der Waals surface area (Å²) in [5, 5.41) is 1.33. The van der Waals surface area contributed by atoms with Crippen LogP contribution in [0.2, 0.25) is 5.02 Å². The second-order valence-corrected chi connectivity index (χ2v) is 5.57. The Hall–Kier alpha value is -1.06. The molecule has 0 unspecified atom stereocenters. The van der Waals surface area contributed by atoms with Crippen molar-refractivity contribution in [1.29, 1.82) is 0 Å². The SMILES string of the molecule is Fc1cc2c(c(-c3ccccc3Cl)c1)O[C@@H](CBr)C2. The molecule has 0 aromatic heterocycles. The summed E-state index contributed by atoms with van der Waals surface area (Å²) in [6, 6.07) is 10.4. The van der Waals surface area contributed by atoms with E-state index in [2.05, 4.69) is 15.9 Å². The molecule has 0 bridgehead atoms. The van der Waals surface area contributed by atoms with Gasteiger partial charge in [0, 0.05) is 33.5 Å². The van der Waals surface area contributed by atoms with Crippen molar-refractivity contribution in [3.05, 3.63) is 52.8 Å². The fourth-order valence-electron chi connectivity index (χ4n) is 2.36. The summed E-state index contributed by atoms with van der Waals surface area (Å²) in [4.78, 5) is 0. The van der Waals surface area contributed by atoms with Crippen molar-refractivity contribution in [2.24, 2.45) is 0 Å². The first-order chi connectivity index (χ1) is 9.19. The van der Waals surface area contributed by atoms with Crippen LogP contribution in [0.4, 0.5) is 4.39 Å². The summed E-state index contributed by atoms with van der Waals surface area (Å²) in [7, 11) is 0. The van der Waals surface area contributed by atoms with E-state index >= 15 is 0 Å². The summed E-state index contributed by atoms with van der Waals surface area (Å²) < 4.78 is 19.6. The molecule has 1 atom stereocenters. The van der Waals surface area contributed by atoms with Crippen LogP contribution in [-0.4, -0.2) is 11.4 Å². The van der Waals surface area contributed by atoms with Gasteiger partial charge in [-0.25, -0.2) is 4.39 Å². The fraction of sp³-hybridized carbons (Fsp3) is 0.200. The molecule has 3 rings (SSSR count). The summed E-state index contributed by atoms with van der Waals surface area (Å²) in [6.45, 7) is 0. The van der Waals surface area contributed by atoms with Crippen LogP contribution in [0.15, 0.2) is 36.4 Å². The Kier molecular flexibility index (Phi) is 3.50. The van der Waals surface area contributed by atoms with E-state index in [1.165, 1.54) is 6.07 Å². The Morgan fingerprint density at radius 2 is 2.05 bits per heavy atom. The third-order valence-corrected chi connectivity index (χ3v) is 4.25. The molecule has 2 aromatic carbocycles. The van der Waals surface area contributed by atoms with Crippen molar-refractivity contribution >= 4 is 27.5 Å². The molecule has 1 aliphatic rings. The van der Waals surface area contributed by atoms with Gasteiger partial charge >= 0.3 is 0 Å². The molecule has 4 heteroatoms. The van der Waals surface area contributed by atoms with Crippen LogP contribution in [0.25, 0.3) is 11.1 Å². The van der Waals surface area contributed by atoms with Gasteiger partial charge in [-0.2, -0.15) is 0 Å². The van der Waals surface area contributed by atoms with E-state index in [4.69, 9.17) is 16.3 Å². The highest BCUT2D eigenvalue weighted by Crippen LogP contribution is 2.42. The molecule has 1 heterocycles. The van der Waals surface area contributed by atoms with E-state index < -0.39 is 0 Å². The van der Waals surface area contributed by atoms with E-state index in [0.717, 1.165) is 34.2 Å². The fourth-order valence-corrected chi connectivity index (χ4v) is 2.96. The largest absolute Gasteiger partial charge is 0.488 e. The zero-order chi connectivity index (χ0) is 13.4. The number of hydrogen-bond acceptors (Lipinski definition) is 1. The zero-order valence-electron chi connectivity index (χ0n) is 10.00. The highest BCUT2D eigenvalue weighted by atomic mass is 79.9. The minimum Gasteiger partial charge on any atom is -0.488 e. The molecular weight excluding hydrogens is 331 g/mol. The number of rotatable bonds is 2. The third kappa shape index (κ3) is 2.37. The molecule has 0 amide bonds. The average Bonchev–Trinajstić information content (AvgIpc) is 2.81. The van der Waals surface area contributed by atoms with Gasteiger partial charge < -0.3 is 4.74 Å². The minimum absolute atomic E-state index is 0.0537. The smallest absolute Gasteiger partial charge is 0.131 e. The second kappa shape index (κ2) is 5.14.